The van der Waals surface area contributed by atoms with E-state index in [0.29, 0.717) is 5.69 Å². The fourth-order valence-corrected chi connectivity index (χ4v) is 1.50. The average molecular weight is 274 g/mol. The molecule has 0 atom stereocenters. The molecular weight excluding hydrogens is 263 g/mol. The van der Waals surface area contributed by atoms with Crippen molar-refractivity contribution in [2.45, 2.75) is 0 Å². The average Bonchev–Trinajstić information content (AvgIpc) is 2.86. The number of aromatic nitrogens is 2. The first-order chi connectivity index (χ1) is 9.60. The molecule has 5 N–H and O–H groups in total. The van der Waals surface area contributed by atoms with Crippen molar-refractivity contribution < 1.29 is 9.18 Å². The van der Waals surface area contributed by atoms with Gasteiger partial charge < -0.3 is 21.0 Å². The van der Waals surface area contributed by atoms with Crippen molar-refractivity contribution in [3.63, 3.8) is 0 Å². The maximum Gasteiger partial charge on any atom is 0.323 e. The van der Waals surface area contributed by atoms with Gasteiger partial charge in [-0.05, 0) is 18.2 Å². The van der Waals surface area contributed by atoms with Gasteiger partial charge in [0.15, 0.2) is 0 Å². The molecule has 0 unspecified atom stereocenters. The van der Waals surface area contributed by atoms with Crippen molar-refractivity contribution >= 4 is 11.6 Å². The molecule has 1 heterocycles. The zero-order valence-corrected chi connectivity index (χ0v) is 10.3. The van der Waals surface area contributed by atoms with Crippen LogP contribution in [0.1, 0.15) is 16.1 Å². The fraction of sp³-hybridized carbons (Fsp3) is 0.0769. The lowest BCUT2D eigenvalue weighted by Crippen LogP contribution is -2.14. The van der Waals surface area contributed by atoms with E-state index in [0.717, 1.165) is 0 Å². The number of imidazole rings is 1. The number of halogens is 1. The maximum atomic E-state index is 13.4. The Morgan fingerprint density at radius 2 is 2.25 bits per heavy atom. The van der Waals surface area contributed by atoms with E-state index in [4.69, 9.17) is 5.73 Å². The Balaban J connectivity index is 2.21. The van der Waals surface area contributed by atoms with Crippen molar-refractivity contribution in [3.8, 4) is 11.8 Å². The minimum absolute atomic E-state index is 0.0777. The number of benzene rings is 1. The molecule has 2 rings (SSSR count). The molecule has 0 aliphatic heterocycles. The van der Waals surface area contributed by atoms with E-state index in [1.165, 1.54) is 24.4 Å². The van der Waals surface area contributed by atoms with E-state index in [-0.39, 0.29) is 17.8 Å². The Labute approximate surface area is 113 Å². The summed E-state index contributed by atoms with van der Waals surface area (Å²) in [5.41, 5.74) is 5.31. The summed E-state index contributed by atoms with van der Waals surface area (Å²) in [4.78, 5) is 27.3. The van der Waals surface area contributed by atoms with Crippen molar-refractivity contribution in [2.75, 3.05) is 11.9 Å². The highest BCUT2D eigenvalue weighted by Gasteiger charge is 2.09. The second kappa shape index (κ2) is 5.86. The van der Waals surface area contributed by atoms with Crippen LogP contribution in [0.4, 0.5) is 10.1 Å². The van der Waals surface area contributed by atoms with Crippen molar-refractivity contribution in [1.29, 1.82) is 0 Å². The predicted octanol–water partition coefficient (Wildman–Crippen LogP) is 0.405. The minimum atomic E-state index is -0.521. The summed E-state index contributed by atoms with van der Waals surface area (Å²) < 4.78 is 13.4. The van der Waals surface area contributed by atoms with Gasteiger partial charge in [0.25, 0.3) is 5.91 Å². The first kappa shape index (κ1) is 13.6. The van der Waals surface area contributed by atoms with E-state index in [2.05, 4.69) is 27.1 Å². The number of hydrogen-bond acceptors (Lipinski definition) is 3. The third-order valence-corrected chi connectivity index (χ3v) is 2.39. The van der Waals surface area contributed by atoms with Crippen molar-refractivity contribution in [1.82, 2.24) is 9.97 Å². The molecule has 0 fully saturated rings. The van der Waals surface area contributed by atoms with Crippen LogP contribution in [0.2, 0.25) is 0 Å². The van der Waals surface area contributed by atoms with Crippen molar-refractivity contribution in [2.24, 2.45) is 5.73 Å². The summed E-state index contributed by atoms with van der Waals surface area (Å²) in [5, 5.41) is 2.52. The third-order valence-electron chi connectivity index (χ3n) is 2.39. The number of amides is 1. The first-order valence-corrected chi connectivity index (χ1v) is 5.67. The number of carbonyl (C=O) groups is 1. The third kappa shape index (κ3) is 3.13. The highest BCUT2D eigenvalue weighted by Crippen LogP contribution is 2.14. The molecule has 20 heavy (non-hydrogen) atoms. The number of aromatic amines is 2. The van der Waals surface area contributed by atoms with Gasteiger partial charge >= 0.3 is 5.69 Å². The van der Waals surface area contributed by atoms with Crippen molar-refractivity contribution in [3.05, 3.63) is 52.0 Å². The molecule has 0 radical (unpaired) electrons. The van der Waals surface area contributed by atoms with Crippen LogP contribution in [0.5, 0.6) is 0 Å². The minimum Gasteiger partial charge on any atom is -0.321 e. The Morgan fingerprint density at radius 1 is 1.45 bits per heavy atom. The number of nitrogens with one attached hydrogen (secondary N) is 3. The molecule has 0 saturated heterocycles. The molecule has 0 aliphatic rings. The van der Waals surface area contributed by atoms with Gasteiger partial charge in [-0.25, -0.2) is 9.18 Å². The largest absolute Gasteiger partial charge is 0.323 e. The Kier molecular flexibility index (Phi) is 3.98. The van der Waals surface area contributed by atoms with Gasteiger partial charge in [0.1, 0.15) is 11.5 Å². The molecule has 0 spiro atoms. The molecule has 0 saturated carbocycles. The van der Waals surface area contributed by atoms with Gasteiger partial charge in [-0.3, -0.25) is 4.79 Å². The molecular formula is C13H11FN4O2. The zero-order chi connectivity index (χ0) is 14.5. The van der Waals surface area contributed by atoms with Crippen LogP contribution >= 0.6 is 0 Å². The van der Waals surface area contributed by atoms with Gasteiger partial charge in [0.2, 0.25) is 0 Å². The maximum absolute atomic E-state index is 13.4. The Morgan fingerprint density at radius 3 is 2.90 bits per heavy atom. The monoisotopic (exact) mass is 274 g/mol. The summed E-state index contributed by atoms with van der Waals surface area (Å²) in [6, 6.07) is 3.97. The van der Waals surface area contributed by atoms with E-state index in [1.807, 2.05) is 0 Å². The number of H-pyrrole nitrogens is 2. The highest BCUT2D eigenvalue weighted by molar-refractivity contribution is 6.02. The van der Waals surface area contributed by atoms with Crippen LogP contribution in [0, 0.1) is 17.7 Å². The number of nitrogens with two attached hydrogens (primary N) is 1. The smallest absolute Gasteiger partial charge is 0.321 e. The summed E-state index contributed by atoms with van der Waals surface area (Å²) in [5.74, 6) is 4.08. The first-order valence-electron chi connectivity index (χ1n) is 5.67. The predicted molar refractivity (Wildman–Crippen MR) is 71.7 cm³/mol. The standard InChI is InChI=1S/C13H11FN4O2/c14-10-4-3-9(6-8(10)2-1-5-15)17-12(19)11-7-16-13(20)18-11/h3-4,6-7H,5,15H2,(H,17,19)(H2,16,18,20). The number of hydrogen-bond donors (Lipinski definition) is 4. The second-order valence-electron chi connectivity index (χ2n) is 3.81. The summed E-state index contributed by atoms with van der Waals surface area (Å²) in [7, 11) is 0. The molecule has 2 aromatic rings. The van der Waals surface area contributed by atoms with E-state index < -0.39 is 17.4 Å². The molecule has 7 heteroatoms. The molecule has 1 aromatic carbocycles. The lowest BCUT2D eigenvalue weighted by atomic mass is 10.2. The topological polar surface area (TPSA) is 104 Å². The SMILES string of the molecule is NCC#Cc1cc(NC(=O)c2c[nH]c(=O)[nH]2)ccc1F. The molecule has 1 amide bonds. The summed E-state index contributed by atoms with van der Waals surface area (Å²) >= 11 is 0. The van der Waals surface area contributed by atoms with E-state index in [1.54, 1.807) is 0 Å². The Bertz CT molecular complexity index is 751. The molecule has 6 nitrogen and oxygen atoms in total. The van der Waals surface area contributed by atoms with Crippen LogP contribution in [-0.2, 0) is 0 Å². The van der Waals surface area contributed by atoms with E-state index in [9.17, 15) is 14.0 Å². The van der Waals surface area contributed by atoms with Gasteiger partial charge in [0, 0.05) is 11.9 Å². The fourth-order valence-electron chi connectivity index (χ4n) is 1.50. The summed E-state index contributed by atoms with van der Waals surface area (Å²) in [6.45, 7) is 0.112. The molecule has 102 valence electrons. The van der Waals surface area contributed by atoms with E-state index >= 15 is 0 Å². The van der Waals surface area contributed by atoms with Gasteiger partial charge in [-0.1, -0.05) is 11.8 Å². The van der Waals surface area contributed by atoms with Gasteiger partial charge in [-0.15, -0.1) is 0 Å². The normalized spacial score (nSPS) is 9.70. The van der Waals surface area contributed by atoms with Crippen LogP contribution < -0.4 is 16.7 Å². The second-order valence-corrected chi connectivity index (χ2v) is 3.81. The number of rotatable bonds is 2. The molecule has 0 bridgehead atoms. The number of anilines is 1. The lowest BCUT2D eigenvalue weighted by Gasteiger charge is -2.04. The summed E-state index contributed by atoms with van der Waals surface area (Å²) in [6.07, 6.45) is 1.25. The zero-order valence-electron chi connectivity index (χ0n) is 10.3. The van der Waals surface area contributed by atoms with Gasteiger partial charge in [0.05, 0.1) is 12.1 Å². The molecule has 0 aliphatic carbocycles. The van der Waals surface area contributed by atoms with Gasteiger partial charge in [-0.2, -0.15) is 0 Å². The molecule has 1 aromatic heterocycles. The Hall–Kier alpha value is -2.85. The lowest BCUT2D eigenvalue weighted by molar-refractivity contribution is 0.102. The number of carbonyl (C=O) groups excluding carboxylic acids is 1. The highest BCUT2D eigenvalue weighted by atomic mass is 19.1. The quantitative estimate of drug-likeness (QED) is 0.596. The van der Waals surface area contributed by atoms with Crippen LogP contribution in [-0.4, -0.2) is 22.4 Å². The van der Waals surface area contributed by atoms with Crippen LogP contribution in [0.25, 0.3) is 0 Å². The van der Waals surface area contributed by atoms with Crippen LogP contribution in [0.3, 0.4) is 0 Å². The van der Waals surface area contributed by atoms with Crippen LogP contribution in [0.15, 0.2) is 29.2 Å².